The second-order valence-electron chi connectivity index (χ2n) is 2.74. The molecule has 0 bridgehead atoms. The fourth-order valence-electron chi connectivity index (χ4n) is 0.922. The summed E-state index contributed by atoms with van der Waals surface area (Å²) in [7, 11) is 0. The molecule has 1 unspecified atom stereocenters. The lowest BCUT2D eigenvalue weighted by atomic mass is 10.2. The smallest absolute Gasteiger partial charge is 0.163 e. The van der Waals surface area contributed by atoms with Crippen molar-refractivity contribution in [2.24, 2.45) is 0 Å². The molecule has 0 fully saturated rings. The van der Waals surface area contributed by atoms with E-state index in [-0.39, 0.29) is 12.6 Å². The van der Waals surface area contributed by atoms with Gasteiger partial charge in [-0.05, 0) is 19.1 Å². The van der Waals surface area contributed by atoms with Crippen LogP contribution in [-0.4, -0.2) is 22.7 Å². The normalized spacial score (nSPS) is 11.8. The van der Waals surface area contributed by atoms with Gasteiger partial charge in [0.05, 0.1) is 12.3 Å². The highest BCUT2D eigenvalue weighted by molar-refractivity contribution is 5.53. The zero-order valence-corrected chi connectivity index (χ0v) is 7.36. The van der Waals surface area contributed by atoms with Gasteiger partial charge in [-0.1, -0.05) is 0 Å². The maximum absolute atomic E-state index is 8.79. The first-order chi connectivity index (χ1) is 6.27. The second kappa shape index (κ2) is 4.43. The van der Waals surface area contributed by atoms with E-state index < -0.39 is 0 Å². The Morgan fingerprint density at radius 2 is 2.54 bits per heavy atom. The van der Waals surface area contributed by atoms with Crippen LogP contribution < -0.4 is 5.32 Å². The highest BCUT2D eigenvalue weighted by atomic mass is 16.3. The number of nitrogens with zero attached hydrogens (tertiary/aromatic N) is 2. The number of anilines is 1. The molecule has 0 aliphatic rings. The molecule has 1 aromatic rings. The molecular formula is C9H11N3O. The predicted octanol–water partition coefficient (Wildman–Crippen LogP) is 0.746. The zero-order chi connectivity index (χ0) is 9.68. The number of pyridine rings is 1. The maximum atomic E-state index is 8.79. The van der Waals surface area contributed by atoms with Crippen LogP contribution in [0.4, 0.5) is 5.69 Å². The number of hydrogen-bond acceptors (Lipinski definition) is 4. The molecule has 0 saturated heterocycles. The Bertz CT molecular complexity index is 319. The minimum Gasteiger partial charge on any atom is -0.394 e. The summed E-state index contributed by atoms with van der Waals surface area (Å²) in [5.74, 6) is 0. The molecule has 0 aliphatic carbocycles. The third kappa shape index (κ3) is 2.42. The Kier molecular flexibility index (Phi) is 3.23. The van der Waals surface area contributed by atoms with E-state index in [1.54, 1.807) is 18.3 Å². The number of aromatic nitrogens is 1. The van der Waals surface area contributed by atoms with Gasteiger partial charge in [0.2, 0.25) is 0 Å². The average Bonchev–Trinajstić information content (AvgIpc) is 2.18. The van der Waals surface area contributed by atoms with Gasteiger partial charge in [-0.2, -0.15) is 5.26 Å². The lowest BCUT2D eigenvalue weighted by molar-refractivity contribution is 0.281. The zero-order valence-electron chi connectivity index (χ0n) is 7.36. The van der Waals surface area contributed by atoms with Gasteiger partial charge in [-0.15, -0.1) is 0 Å². The molecule has 1 heterocycles. The molecule has 4 heteroatoms. The summed E-state index contributed by atoms with van der Waals surface area (Å²) in [6.45, 7) is 1.86. The molecule has 1 rings (SSSR count). The monoisotopic (exact) mass is 177 g/mol. The van der Waals surface area contributed by atoms with Crippen molar-refractivity contribution >= 4 is 5.69 Å². The van der Waals surface area contributed by atoms with Crippen molar-refractivity contribution in [1.29, 1.82) is 5.26 Å². The molecule has 68 valence electrons. The summed E-state index contributed by atoms with van der Waals surface area (Å²) in [6, 6.07) is 5.40. The number of nitriles is 1. The van der Waals surface area contributed by atoms with Gasteiger partial charge < -0.3 is 10.4 Å². The lowest BCUT2D eigenvalue weighted by Crippen LogP contribution is -2.20. The number of hydrogen-bond donors (Lipinski definition) is 2. The van der Waals surface area contributed by atoms with Crippen LogP contribution in [-0.2, 0) is 0 Å². The highest BCUT2D eigenvalue weighted by Crippen LogP contribution is 2.11. The van der Waals surface area contributed by atoms with Crippen molar-refractivity contribution in [1.82, 2.24) is 4.98 Å². The fourth-order valence-corrected chi connectivity index (χ4v) is 0.922. The van der Waals surface area contributed by atoms with E-state index in [0.717, 1.165) is 0 Å². The van der Waals surface area contributed by atoms with Crippen LogP contribution in [0.15, 0.2) is 18.3 Å². The van der Waals surface area contributed by atoms with Gasteiger partial charge in [0, 0.05) is 12.2 Å². The van der Waals surface area contributed by atoms with Gasteiger partial charge in [0.25, 0.3) is 0 Å². The fraction of sp³-hybridized carbons (Fsp3) is 0.333. The van der Waals surface area contributed by atoms with Crippen molar-refractivity contribution in [2.75, 3.05) is 11.9 Å². The Labute approximate surface area is 76.8 Å². The molecule has 0 amide bonds. The summed E-state index contributed by atoms with van der Waals surface area (Å²) < 4.78 is 0. The van der Waals surface area contributed by atoms with Crippen LogP contribution in [0, 0.1) is 11.3 Å². The van der Waals surface area contributed by atoms with Crippen molar-refractivity contribution < 1.29 is 5.11 Å². The van der Waals surface area contributed by atoms with Crippen LogP contribution in [0.1, 0.15) is 12.6 Å². The predicted molar refractivity (Wildman–Crippen MR) is 49.1 cm³/mol. The number of aliphatic hydroxyl groups is 1. The van der Waals surface area contributed by atoms with Crippen molar-refractivity contribution in [3.8, 4) is 6.07 Å². The topological polar surface area (TPSA) is 68.9 Å². The summed E-state index contributed by atoms with van der Waals surface area (Å²) in [5, 5.41) is 20.5. The Hall–Kier alpha value is -1.60. The molecule has 13 heavy (non-hydrogen) atoms. The van der Waals surface area contributed by atoms with Crippen molar-refractivity contribution in [3.63, 3.8) is 0 Å². The Morgan fingerprint density at radius 3 is 3.15 bits per heavy atom. The average molecular weight is 177 g/mol. The van der Waals surface area contributed by atoms with Crippen LogP contribution in [0.3, 0.4) is 0 Å². The van der Waals surface area contributed by atoms with Crippen molar-refractivity contribution in [2.45, 2.75) is 13.0 Å². The minimum atomic E-state index is -0.0729. The van der Waals surface area contributed by atoms with E-state index in [1.165, 1.54) is 0 Å². The molecule has 4 nitrogen and oxygen atoms in total. The Balaban J connectivity index is 2.82. The SMILES string of the molecule is CC(CO)Nc1cccnc1C#N. The lowest BCUT2D eigenvalue weighted by Gasteiger charge is -2.12. The molecule has 0 aliphatic heterocycles. The van der Waals surface area contributed by atoms with Gasteiger partial charge in [-0.3, -0.25) is 0 Å². The van der Waals surface area contributed by atoms with Crippen LogP contribution in [0.2, 0.25) is 0 Å². The molecular weight excluding hydrogens is 166 g/mol. The summed E-state index contributed by atoms with van der Waals surface area (Å²) in [5.41, 5.74) is 1.01. The third-order valence-electron chi connectivity index (χ3n) is 1.59. The molecule has 1 aromatic heterocycles. The molecule has 0 spiro atoms. The molecule has 0 aromatic carbocycles. The standard InChI is InChI=1S/C9H11N3O/c1-7(6-13)12-8-3-2-4-11-9(8)5-10/h2-4,7,12-13H,6H2,1H3. The summed E-state index contributed by atoms with van der Waals surface area (Å²) >= 11 is 0. The second-order valence-corrected chi connectivity index (χ2v) is 2.74. The first-order valence-electron chi connectivity index (χ1n) is 4.00. The van der Waals surface area contributed by atoms with E-state index in [2.05, 4.69) is 10.3 Å². The van der Waals surface area contributed by atoms with Crippen LogP contribution in [0.5, 0.6) is 0 Å². The summed E-state index contributed by atoms with van der Waals surface area (Å²) in [6.07, 6.45) is 1.56. The largest absolute Gasteiger partial charge is 0.394 e. The molecule has 0 saturated carbocycles. The first-order valence-corrected chi connectivity index (χ1v) is 4.00. The number of aliphatic hydroxyl groups excluding tert-OH is 1. The molecule has 2 N–H and O–H groups in total. The first kappa shape index (κ1) is 9.49. The van der Waals surface area contributed by atoms with Gasteiger partial charge in [0.15, 0.2) is 5.69 Å². The van der Waals surface area contributed by atoms with E-state index in [0.29, 0.717) is 11.4 Å². The van der Waals surface area contributed by atoms with Crippen LogP contribution in [0.25, 0.3) is 0 Å². The van der Waals surface area contributed by atoms with E-state index >= 15 is 0 Å². The van der Waals surface area contributed by atoms with E-state index in [1.807, 2.05) is 13.0 Å². The minimum absolute atomic E-state index is 0.0275. The third-order valence-corrected chi connectivity index (χ3v) is 1.59. The van der Waals surface area contributed by atoms with Crippen LogP contribution >= 0.6 is 0 Å². The molecule has 1 atom stereocenters. The van der Waals surface area contributed by atoms with E-state index in [9.17, 15) is 0 Å². The van der Waals surface area contributed by atoms with Gasteiger partial charge in [0.1, 0.15) is 6.07 Å². The number of nitrogens with one attached hydrogen (secondary N) is 1. The number of rotatable bonds is 3. The van der Waals surface area contributed by atoms with Crippen molar-refractivity contribution in [3.05, 3.63) is 24.0 Å². The van der Waals surface area contributed by atoms with E-state index in [4.69, 9.17) is 10.4 Å². The quantitative estimate of drug-likeness (QED) is 0.714. The maximum Gasteiger partial charge on any atom is 0.163 e. The molecule has 0 radical (unpaired) electrons. The summed E-state index contributed by atoms with van der Waals surface area (Å²) in [4.78, 5) is 3.88. The highest BCUT2D eigenvalue weighted by Gasteiger charge is 2.04. The van der Waals surface area contributed by atoms with Gasteiger partial charge in [-0.25, -0.2) is 4.98 Å². The van der Waals surface area contributed by atoms with Gasteiger partial charge >= 0.3 is 0 Å². The Morgan fingerprint density at radius 1 is 1.77 bits per heavy atom.